The van der Waals surface area contributed by atoms with Crippen LogP contribution in [0.4, 0.5) is 5.69 Å². The number of nitrogens with one attached hydrogen (secondary N) is 2. The monoisotopic (exact) mass is 366 g/mol. The van der Waals surface area contributed by atoms with Crippen LogP contribution in [0.3, 0.4) is 0 Å². The molecule has 1 unspecified atom stereocenters. The van der Waals surface area contributed by atoms with Gasteiger partial charge in [-0.1, -0.05) is 13.8 Å². The van der Waals surface area contributed by atoms with Gasteiger partial charge in [-0.25, -0.2) is 0 Å². The van der Waals surface area contributed by atoms with E-state index in [1.54, 1.807) is 0 Å². The number of aryl methyl sites for hydroxylation is 1. The van der Waals surface area contributed by atoms with Crippen LogP contribution in [0.2, 0.25) is 0 Å². The molecule has 1 aliphatic heterocycles. The molecule has 3 nitrogen and oxygen atoms in total. The summed E-state index contributed by atoms with van der Waals surface area (Å²) < 4.78 is 6.84. The average Bonchev–Trinajstić information content (AvgIpc) is 3.35. The highest BCUT2D eigenvalue weighted by Gasteiger charge is 2.29. The summed E-state index contributed by atoms with van der Waals surface area (Å²) in [6.45, 7) is 7.00. The van der Waals surface area contributed by atoms with Gasteiger partial charge in [-0.05, 0) is 78.1 Å². The van der Waals surface area contributed by atoms with E-state index in [4.69, 9.17) is 10.1 Å². The molecular weight excluding hydrogens is 340 g/mol. The minimum Gasteiger partial charge on any atom is -0.360 e. The minimum atomic E-state index is 0.0838. The molecule has 1 saturated heterocycles. The van der Waals surface area contributed by atoms with Crippen LogP contribution in [0.1, 0.15) is 68.6 Å². The molecule has 4 heteroatoms. The van der Waals surface area contributed by atoms with Crippen LogP contribution >= 0.6 is 15.9 Å². The standard InChI is InChI=1S/C16H21BrN2O.C2H6/c1-10-8-13(19-14-4-2-3-7-20-14)12(9-18)16(17)15(10)11-5-6-11;1-2/h8-9,11,14,18-19H,2-7H2,1H3;1-2H3. The number of hydrogen-bond acceptors (Lipinski definition) is 3. The lowest BCUT2D eigenvalue weighted by Crippen LogP contribution is -2.27. The molecule has 1 heterocycles. The Bertz CT molecular complexity index is 520. The van der Waals surface area contributed by atoms with Crippen LogP contribution in [0, 0.1) is 12.3 Å². The Kier molecular flexibility index (Phi) is 6.45. The Morgan fingerprint density at radius 3 is 2.55 bits per heavy atom. The molecular formula is C18H27BrN2O. The average molecular weight is 367 g/mol. The van der Waals surface area contributed by atoms with E-state index in [1.807, 2.05) is 13.8 Å². The first-order valence-corrected chi connectivity index (χ1v) is 9.21. The highest BCUT2D eigenvalue weighted by atomic mass is 79.9. The second-order valence-electron chi connectivity index (χ2n) is 5.80. The highest BCUT2D eigenvalue weighted by molar-refractivity contribution is 9.10. The smallest absolute Gasteiger partial charge is 0.127 e. The second kappa shape index (κ2) is 8.11. The summed E-state index contributed by atoms with van der Waals surface area (Å²) in [5.41, 5.74) is 4.66. The number of halogens is 1. The van der Waals surface area contributed by atoms with E-state index in [-0.39, 0.29) is 6.23 Å². The van der Waals surface area contributed by atoms with E-state index in [0.717, 1.165) is 35.2 Å². The predicted octanol–water partition coefficient (Wildman–Crippen LogP) is 5.60. The molecule has 0 radical (unpaired) electrons. The summed E-state index contributed by atoms with van der Waals surface area (Å²) in [5.74, 6) is 0.683. The molecule has 0 spiro atoms. The summed E-state index contributed by atoms with van der Waals surface area (Å²) >= 11 is 3.72. The molecule has 122 valence electrons. The van der Waals surface area contributed by atoms with E-state index < -0.39 is 0 Å². The largest absolute Gasteiger partial charge is 0.360 e. The van der Waals surface area contributed by atoms with Crippen LogP contribution in [-0.2, 0) is 4.74 Å². The van der Waals surface area contributed by atoms with Crippen LogP contribution in [0.25, 0.3) is 0 Å². The van der Waals surface area contributed by atoms with Crippen molar-refractivity contribution in [3.63, 3.8) is 0 Å². The molecule has 1 atom stereocenters. The molecule has 0 amide bonds. The third-order valence-electron chi connectivity index (χ3n) is 4.17. The summed E-state index contributed by atoms with van der Waals surface area (Å²) in [6, 6.07) is 2.18. The van der Waals surface area contributed by atoms with Gasteiger partial charge in [-0.2, -0.15) is 0 Å². The van der Waals surface area contributed by atoms with Crippen LogP contribution in [0.5, 0.6) is 0 Å². The lowest BCUT2D eigenvalue weighted by Gasteiger charge is -2.26. The normalized spacial score (nSPS) is 20.8. The topological polar surface area (TPSA) is 45.1 Å². The molecule has 1 aromatic carbocycles. The van der Waals surface area contributed by atoms with Crippen LogP contribution < -0.4 is 5.32 Å². The first-order valence-electron chi connectivity index (χ1n) is 8.42. The first kappa shape index (κ1) is 17.5. The zero-order valence-electron chi connectivity index (χ0n) is 13.8. The Labute approximate surface area is 142 Å². The fraction of sp³-hybridized carbons (Fsp3) is 0.611. The van der Waals surface area contributed by atoms with E-state index in [0.29, 0.717) is 5.92 Å². The van der Waals surface area contributed by atoms with Crippen molar-refractivity contribution in [2.24, 2.45) is 0 Å². The maximum absolute atomic E-state index is 7.74. The van der Waals surface area contributed by atoms with Crippen molar-refractivity contribution in [1.82, 2.24) is 0 Å². The minimum absolute atomic E-state index is 0.0838. The molecule has 0 aromatic heterocycles. The fourth-order valence-corrected chi connectivity index (χ4v) is 3.93. The van der Waals surface area contributed by atoms with Crippen molar-refractivity contribution in [3.8, 4) is 0 Å². The summed E-state index contributed by atoms with van der Waals surface area (Å²) in [5, 5.41) is 11.2. The summed E-state index contributed by atoms with van der Waals surface area (Å²) in [7, 11) is 0. The maximum atomic E-state index is 7.74. The molecule has 2 aliphatic rings. The van der Waals surface area contributed by atoms with Gasteiger partial charge in [0.15, 0.2) is 0 Å². The zero-order chi connectivity index (χ0) is 16.1. The number of ether oxygens (including phenoxy) is 1. The Morgan fingerprint density at radius 1 is 1.27 bits per heavy atom. The summed E-state index contributed by atoms with van der Waals surface area (Å²) in [4.78, 5) is 0. The van der Waals surface area contributed by atoms with Gasteiger partial charge in [0.25, 0.3) is 0 Å². The predicted molar refractivity (Wildman–Crippen MR) is 97.3 cm³/mol. The van der Waals surface area contributed by atoms with E-state index in [1.165, 1.54) is 36.6 Å². The van der Waals surface area contributed by atoms with Gasteiger partial charge >= 0.3 is 0 Å². The van der Waals surface area contributed by atoms with E-state index in [2.05, 4.69) is 34.2 Å². The van der Waals surface area contributed by atoms with Crippen molar-refractivity contribution in [2.75, 3.05) is 11.9 Å². The fourth-order valence-electron chi connectivity index (χ4n) is 2.97. The first-order chi connectivity index (χ1) is 10.7. The molecule has 1 saturated carbocycles. The van der Waals surface area contributed by atoms with Gasteiger partial charge in [0.1, 0.15) is 6.23 Å². The van der Waals surface area contributed by atoms with Crippen molar-refractivity contribution >= 4 is 27.8 Å². The van der Waals surface area contributed by atoms with E-state index >= 15 is 0 Å². The zero-order valence-corrected chi connectivity index (χ0v) is 15.4. The van der Waals surface area contributed by atoms with Crippen LogP contribution in [0.15, 0.2) is 10.5 Å². The number of anilines is 1. The quantitative estimate of drug-likeness (QED) is 0.681. The number of hydrogen-bond donors (Lipinski definition) is 2. The number of benzene rings is 1. The van der Waals surface area contributed by atoms with Gasteiger partial charge < -0.3 is 15.5 Å². The Hall–Kier alpha value is -0.870. The molecule has 3 rings (SSSR count). The van der Waals surface area contributed by atoms with Crippen molar-refractivity contribution < 1.29 is 4.74 Å². The number of rotatable bonds is 4. The molecule has 1 aliphatic carbocycles. The van der Waals surface area contributed by atoms with Gasteiger partial charge in [-0.3, -0.25) is 0 Å². The van der Waals surface area contributed by atoms with Crippen molar-refractivity contribution in [3.05, 3.63) is 27.2 Å². The van der Waals surface area contributed by atoms with Crippen molar-refractivity contribution in [2.45, 2.75) is 65.0 Å². The summed E-state index contributed by atoms with van der Waals surface area (Å²) in [6.07, 6.45) is 7.47. The molecule has 2 N–H and O–H groups in total. The van der Waals surface area contributed by atoms with Crippen molar-refractivity contribution in [1.29, 1.82) is 5.41 Å². The van der Waals surface area contributed by atoms with E-state index in [9.17, 15) is 0 Å². The van der Waals surface area contributed by atoms with Gasteiger partial charge in [0.05, 0.1) is 0 Å². The SMILES string of the molecule is CC.Cc1cc(NC2CCCCO2)c(C=N)c(Br)c1C1CC1. The van der Waals surface area contributed by atoms with Gasteiger partial charge in [-0.15, -0.1) is 0 Å². The van der Waals surface area contributed by atoms with Gasteiger partial charge in [0.2, 0.25) is 0 Å². The Balaban J connectivity index is 0.000000847. The third-order valence-corrected chi connectivity index (χ3v) is 5.03. The molecule has 2 fully saturated rings. The highest BCUT2D eigenvalue weighted by Crippen LogP contribution is 2.47. The second-order valence-corrected chi connectivity index (χ2v) is 6.59. The lowest BCUT2D eigenvalue weighted by atomic mass is 9.99. The van der Waals surface area contributed by atoms with Gasteiger partial charge in [0, 0.05) is 28.5 Å². The molecule has 1 aromatic rings. The Morgan fingerprint density at radius 2 is 2.00 bits per heavy atom. The maximum Gasteiger partial charge on any atom is 0.127 e. The lowest BCUT2D eigenvalue weighted by molar-refractivity contribution is 0.0343. The molecule has 22 heavy (non-hydrogen) atoms. The third kappa shape index (κ3) is 3.90. The molecule has 0 bridgehead atoms. The van der Waals surface area contributed by atoms with Crippen LogP contribution in [-0.4, -0.2) is 19.0 Å².